The van der Waals surface area contributed by atoms with Crippen molar-refractivity contribution in [3.63, 3.8) is 0 Å². The van der Waals surface area contributed by atoms with Crippen molar-refractivity contribution in [1.29, 1.82) is 0 Å². The molecule has 1 fully saturated rings. The number of hydrogen-bond donors (Lipinski definition) is 7. The summed E-state index contributed by atoms with van der Waals surface area (Å²) in [5, 5.41) is 24.9. The van der Waals surface area contributed by atoms with Gasteiger partial charge in [0.15, 0.2) is 0 Å². The van der Waals surface area contributed by atoms with Crippen molar-refractivity contribution in [3.05, 3.63) is 74.5 Å². The minimum absolute atomic E-state index is 0.0427. The van der Waals surface area contributed by atoms with E-state index in [0.717, 1.165) is 56.3 Å². The Balaban J connectivity index is 1.75. The molecule has 0 spiro atoms. The number of allylic oxidation sites excluding steroid dienone is 1. The SMILES string of the molecule is C=CC1=C(C)[C@@H](Cc2[nH]c(Cc3[nH]c(/C=C4\NC(=O)[C@H](C)[C@H]4C(C)S)c(C)c3CCC(=O)O)c(CCC(=O)O)c2C)NC1=O. The number of carboxylic acid groups (broad SMARTS) is 2. The zero-order valence-corrected chi connectivity index (χ0v) is 26.8. The fourth-order valence-electron chi connectivity index (χ4n) is 6.56. The number of carbonyl (C=O) groups is 4. The molecule has 0 aromatic carbocycles. The van der Waals surface area contributed by atoms with E-state index in [0.29, 0.717) is 31.3 Å². The highest BCUT2D eigenvalue weighted by Gasteiger charge is 2.38. The lowest BCUT2D eigenvalue weighted by atomic mass is 9.91. The maximum atomic E-state index is 12.5. The fourth-order valence-corrected chi connectivity index (χ4v) is 6.98. The van der Waals surface area contributed by atoms with E-state index < -0.39 is 11.9 Å². The quantitative estimate of drug-likeness (QED) is 0.166. The second-order valence-corrected chi connectivity index (χ2v) is 12.8. The summed E-state index contributed by atoms with van der Waals surface area (Å²) >= 11 is 4.63. The first-order valence-electron chi connectivity index (χ1n) is 14.9. The maximum Gasteiger partial charge on any atom is 0.303 e. The van der Waals surface area contributed by atoms with Crippen LogP contribution in [0.2, 0.25) is 0 Å². The zero-order valence-electron chi connectivity index (χ0n) is 25.9. The molecule has 2 amide bonds. The number of H-pyrrole nitrogens is 2. The molecule has 11 heteroatoms. The highest BCUT2D eigenvalue weighted by atomic mass is 32.1. The summed E-state index contributed by atoms with van der Waals surface area (Å²) < 4.78 is 0. The minimum atomic E-state index is -0.904. The molecular formula is C33H42N4O6S. The zero-order chi connectivity index (χ0) is 32.5. The summed E-state index contributed by atoms with van der Waals surface area (Å²) in [6, 6.07) is -0.212. The third kappa shape index (κ3) is 6.72. The normalized spacial score (nSPS) is 21.6. The van der Waals surface area contributed by atoms with Crippen LogP contribution in [-0.4, -0.2) is 55.2 Å². The molecule has 0 saturated carbocycles. The molecule has 4 rings (SSSR count). The first kappa shape index (κ1) is 32.9. The number of hydrogen-bond acceptors (Lipinski definition) is 5. The largest absolute Gasteiger partial charge is 0.481 e. The Morgan fingerprint density at radius 1 is 0.977 bits per heavy atom. The van der Waals surface area contributed by atoms with Crippen molar-refractivity contribution in [2.75, 3.05) is 0 Å². The molecule has 0 bridgehead atoms. The summed E-state index contributed by atoms with van der Waals surface area (Å²) in [6.07, 6.45) is 4.93. The molecular weight excluding hydrogens is 580 g/mol. The molecule has 236 valence electrons. The van der Waals surface area contributed by atoms with Crippen molar-refractivity contribution in [1.82, 2.24) is 20.6 Å². The lowest BCUT2D eigenvalue weighted by Crippen LogP contribution is -2.30. The van der Waals surface area contributed by atoms with Gasteiger partial charge < -0.3 is 30.8 Å². The Labute approximate surface area is 262 Å². The number of aliphatic carboxylic acids is 2. The van der Waals surface area contributed by atoms with Gasteiger partial charge in [-0.3, -0.25) is 19.2 Å². The van der Waals surface area contributed by atoms with E-state index in [-0.39, 0.29) is 47.8 Å². The van der Waals surface area contributed by atoms with Crippen LogP contribution in [-0.2, 0) is 44.9 Å². The number of rotatable bonds is 13. The van der Waals surface area contributed by atoms with Gasteiger partial charge in [0.25, 0.3) is 5.91 Å². The Morgan fingerprint density at radius 2 is 1.57 bits per heavy atom. The van der Waals surface area contributed by atoms with Crippen LogP contribution >= 0.6 is 12.6 Å². The summed E-state index contributed by atoms with van der Waals surface area (Å²) in [4.78, 5) is 55.0. The topological polar surface area (TPSA) is 164 Å². The fraction of sp³-hybridized carbons (Fsp3) is 0.455. The molecule has 2 aliphatic heterocycles. The Bertz CT molecular complexity index is 1580. The van der Waals surface area contributed by atoms with Gasteiger partial charge >= 0.3 is 11.9 Å². The number of carbonyl (C=O) groups excluding carboxylic acids is 2. The molecule has 6 N–H and O–H groups in total. The first-order chi connectivity index (χ1) is 20.7. The van der Waals surface area contributed by atoms with E-state index in [1.165, 1.54) is 0 Å². The molecule has 1 saturated heterocycles. The van der Waals surface area contributed by atoms with Crippen LogP contribution in [0.3, 0.4) is 0 Å². The van der Waals surface area contributed by atoms with Gasteiger partial charge in [0.1, 0.15) is 0 Å². The van der Waals surface area contributed by atoms with Crippen LogP contribution in [0.15, 0.2) is 29.5 Å². The van der Waals surface area contributed by atoms with Gasteiger partial charge in [0.2, 0.25) is 5.91 Å². The Kier molecular flexibility index (Phi) is 9.98. The molecule has 0 radical (unpaired) electrons. The standard InChI is InChI=1S/C33H42N4O6S/c1-7-20-15(2)25(36-33(20)43)12-23-16(3)21(8-10-29(38)39)26(34-23)14-27-22(9-11-30(40)41)17(4)24(35-27)13-28-31(19(6)44)18(5)32(42)37-28/h7,13,18-19,25,31,34-35,44H,1,8-12,14H2,2-6H3,(H,36,43)(H,37,42)(H,38,39)(H,40,41)/b28-13-/t18-,19?,25-,31+/m1/s1. The van der Waals surface area contributed by atoms with Crippen LogP contribution < -0.4 is 10.6 Å². The summed E-state index contributed by atoms with van der Waals surface area (Å²) in [7, 11) is 0. The molecule has 2 aliphatic rings. The van der Waals surface area contributed by atoms with Crippen LogP contribution in [0.1, 0.15) is 78.6 Å². The van der Waals surface area contributed by atoms with E-state index >= 15 is 0 Å². The number of aromatic nitrogens is 2. The Hall–Kier alpha value is -3.99. The van der Waals surface area contributed by atoms with Gasteiger partial charge in [-0.1, -0.05) is 26.5 Å². The van der Waals surface area contributed by atoms with Gasteiger partial charge in [-0.2, -0.15) is 12.6 Å². The molecule has 4 heterocycles. The molecule has 1 unspecified atom stereocenters. The van der Waals surface area contributed by atoms with Crippen LogP contribution in [0.4, 0.5) is 0 Å². The van der Waals surface area contributed by atoms with Gasteiger partial charge in [0.05, 0.1) is 6.04 Å². The molecule has 2 aromatic heterocycles. The van der Waals surface area contributed by atoms with E-state index in [4.69, 9.17) is 0 Å². The van der Waals surface area contributed by atoms with Gasteiger partial charge in [-0.05, 0) is 67.5 Å². The van der Waals surface area contributed by atoms with Gasteiger partial charge in [-0.15, -0.1) is 0 Å². The second-order valence-electron chi connectivity index (χ2n) is 11.9. The third-order valence-electron chi connectivity index (χ3n) is 9.12. The van der Waals surface area contributed by atoms with Crippen LogP contribution in [0.25, 0.3) is 6.08 Å². The van der Waals surface area contributed by atoms with Crippen molar-refractivity contribution < 1.29 is 29.4 Å². The van der Waals surface area contributed by atoms with E-state index in [2.05, 4.69) is 39.8 Å². The Morgan fingerprint density at radius 3 is 2.11 bits per heavy atom. The maximum absolute atomic E-state index is 12.5. The van der Waals surface area contributed by atoms with Crippen molar-refractivity contribution >= 4 is 42.5 Å². The van der Waals surface area contributed by atoms with Gasteiger partial charge in [0, 0.05) is 76.8 Å². The lowest BCUT2D eigenvalue weighted by molar-refractivity contribution is -0.138. The number of amides is 2. The van der Waals surface area contributed by atoms with E-state index in [1.54, 1.807) is 6.08 Å². The number of carboxylic acids is 2. The molecule has 10 nitrogen and oxygen atoms in total. The summed E-state index contributed by atoms with van der Waals surface area (Å²) in [5.41, 5.74) is 9.22. The monoisotopic (exact) mass is 622 g/mol. The number of nitrogens with one attached hydrogen (secondary N) is 4. The molecule has 4 atom stereocenters. The van der Waals surface area contributed by atoms with Crippen molar-refractivity contribution in [2.24, 2.45) is 11.8 Å². The van der Waals surface area contributed by atoms with Crippen molar-refractivity contribution in [2.45, 2.75) is 84.4 Å². The highest BCUT2D eigenvalue weighted by Crippen LogP contribution is 2.35. The molecule has 44 heavy (non-hydrogen) atoms. The highest BCUT2D eigenvalue weighted by molar-refractivity contribution is 7.80. The average molecular weight is 623 g/mol. The van der Waals surface area contributed by atoms with Crippen LogP contribution in [0.5, 0.6) is 0 Å². The number of thiol groups is 1. The third-order valence-corrected chi connectivity index (χ3v) is 9.44. The number of aromatic amines is 2. The predicted molar refractivity (Wildman–Crippen MR) is 172 cm³/mol. The predicted octanol–water partition coefficient (Wildman–Crippen LogP) is 4.17. The van der Waals surface area contributed by atoms with Crippen LogP contribution in [0, 0.1) is 25.7 Å². The van der Waals surface area contributed by atoms with E-state index in [1.807, 2.05) is 40.7 Å². The molecule has 0 aliphatic carbocycles. The first-order valence-corrected chi connectivity index (χ1v) is 15.4. The average Bonchev–Trinajstić information content (AvgIpc) is 3.59. The summed E-state index contributed by atoms with van der Waals surface area (Å²) in [5.74, 6) is -2.34. The summed E-state index contributed by atoms with van der Waals surface area (Å²) in [6.45, 7) is 13.4. The second kappa shape index (κ2) is 13.3. The smallest absolute Gasteiger partial charge is 0.303 e. The van der Waals surface area contributed by atoms with Crippen molar-refractivity contribution in [3.8, 4) is 0 Å². The minimum Gasteiger partial charge on any atom is -0.481 e. The van der Waals surface area contributed by atoms with Gasteiger partial charge in [-0.25, -0.2) is 0 Å². The lowest BCUT2D eigenvalue weighted by Gasteiger charge is -2.17. The molecule has 2 aromatic rings. The van der Waals surface area contributed by atoms with E-state index in [9.17, 15) is 29.4 Å².